The average molecular weight is 285 g/mol. The van der Waals surface area contributed by atoms with Gasteiger partial charge in [0.05, 0.1) is 19.5 Å². The lowest BCUT2D eigenvalue weighted by molar-refractivity contribution is -0.142. The highest BCUT2D eigenvalue weighted by Gasteiger charge is 2.18. The zero-order chi connectivity index (χ0) is 14.3. The van der Waals surface area contributed by atoms with Crippen molar-refractivity contribution in [2.45, 2.75) is 10.9 Å². The summed E-state index contributed by atoms with van der Waals surface area (Å²) in [6, 6.07) is 5.89. The molecule has 0 aliphatic rings. The van der Waals surface area contributed by atoms with E-state index in [1.807, 2.05) is 0 Å². The fourth-order valence-corrected chi connectivity index (χ4v) is 1.95. The molecule has 1 unspecified atom stereocenters. The molecule has 104 valence electrons. The van der Waals surface area contributed by atoms with Gasteiger partial charge in [0.1, 0.15) is 11.8 Å². The van der Waals surface area contributed by atoms with Gasteiger partial charge in [-0.05, 0) is 24.3 Å². The fraction of sp³-hybridized carbons (Fsp3) is 0.333. The van der Waals surface area contributed by atoms with Gasteiger partial charge in [0.2, 0.25) is 5.91 Å². The van der Waals surface area contributed by atoms with Crippen LogP contribution in [0.4, 0.5) is 0 Å². The normalized spacial score (nSPS) is 11.7. The van der Waals surface area contributed by atoms with Crippen LogP contribution in [-0.4, -0.2) is 47.6 Å². The maximum absolute atomic E-state index is 11.5. The summed E-state index contributed by atoms with van der Waals surface area (Å²) in [5, 5.41) is 19.7. The molecular formula is C12H15NO5S. The van der Waals surface area contributed by atoms with Crippen LogP contribution >= 0.6 is 11.8 Å². The number of nitrogens with one attached hydrogen (secondary N) is 1. The van der Waals surface area contributed by atoms with Gasteiger partial charge in [0.15, 0.2) is 0 Å². The monoisotopic (exact) mass is 285 g/mol. The lowest BCUT2D eigenvalue weighted by Crippen LogP contribution is -2.44. The van der Waals surface area contributed by atoms with E-state index in [4.69, 9.17) is 14.9 Å². The number of rotatable bonds is 7. The summed E-state index contributed by atoms with van der Waals surface area (Å²) in [6.45, 7) is -0.631. The number of aliphatic hydroxyl groups is 1. The van der Waals surface area contributed by atoms with Crippen LogP contribution in [0.25, 0.3) is 0 Å². The Labute approximate surface area is 114 Å². The standard InChI is InChI=1S/C12H15NO5S/c1-18-8-2-4-9(5-3-8)19-7-11(15)13-10(6-14)12(16)17/h2-5,10,14H,6-7H2,1H3,(H,13,15)(H,16,17). The summed E-state index contributed by atoms with van der Waals surface area (Å²) in [7, 11) is 1.57. The Balaban J connectivity index is 2.42. The quantitative estimate of drug-likeness (QED) is 0.626. The Morgan fingerprint density at radius 3 is 2.47 bits per heavy atom. The molecule has 0 spiro atoms. The number of ether oxygens (including phenoxy) is 1. The molecular weight excluding hydrogens is 270 g/mol. The predicted octanol–water partition coefficient (Wildman–Crippen LogP) is 0.349. The van der Waals surface area contributed by atoms with Gasteiger partial charge in [-0.3, -0.25) is 4.79 Å². The minimum atomic E-state index is -1.26. The van der Waals surface area contributed by atoms with Crippen molar-refractivity contribution in [3.05, 3.63) is 24.3 Å². The minimum absolute atomic E-state index is 0.0795. The minimum Gasteiger partial charge on any atom is -0.497 e. The van der Waals surface area contributed by atoms with Gasteiger partial charge in [-0.25, -0.2) is 4.79 Å². The van der Waals surface area contributed by atoms with E-state index >= 15 is 0 Å². The lowest BCUT2D eigenvalue weighted by Gasteiger charge is -2.11. The first-order valence-electron chi connectivity index (χ1n) is 5.46. The Kier molecular flexibility index (Phi) is 6.17. The van der Waals surface area contributed by atoms with Crippen LogP contribution in [-0.2, 0) is 9.59 Å². The van der Waals surface area contributed by atoms with Crippen LogP contribution in [0, 0.1) is 0 Å². The van der Waals surface area contributed by atoms with Crippen molar-refractivity contribution in [2.75, 3.05) is 19.5 Å². The Morgan fingerprint density at radius 1 is 1.37 bits per heavy atom. The number of carbonyl (C=O) groups is 2. The van der Waals surface area contributed by atoms with Crippen LogP contribution in [0.5, 0.6) is 5.75 Å². The van der Waals surface area contributed by atoms with E-state index in [9.17, 15) is 9.59 Å². The summed E-state index contributed by atoms with van der Waals surface area (Å²) < 4.78 is 5.01. The van der Waals surface area contributed by atoms with Gasteiger partial charge in [-0.15, -0.1) is 11.8 Å². The van der Waals surface area contributed by atoms with Crippen molar-refractivity contribution in [2.24, 2.45) is 0 Å². The van der Waals surface area contributed by atoms with Crippen molar-refractivity contribution < 1.29 is 24.5 Å². The molecule has 1 atom stereocenters. The van der Waals surface area contributed by atoms with Gasteiger partial charge in [0, 0.05) is 4.90 Å². The highest BCUT2D eigenvalue weighted by atomic mass is 32.2. The summed E-state index contributed by atoms with van der Waals surface area (Å²) in [6.07, 6.45) is 0. The third kappa shape index (κ3) is 5.19. The number of carboxylic acids is 1. The molecule has 19 heavy (non-hydrogen) atoms. The van der Waals surface area contributed by atoms with E-state index in [1.54, 1.807) is 31.4 Å². The van der Waals surface area contributed by atoms with Crippen LogP contribution in [0.2, 0.25) is 0 Å². The maximum Gasteiger partial charge on any atom is 0.328 e. The van der Waals surface area contributed by atoms with E-state index in [0.29, 0.717) is 0 Å². The molecule has 0 radical (unpaired) electrons. The molecule has 3 N–H and O–H groups in total. The molecule has 7 heteroatoms. The van der Waals surface area contributed by atoms with Gasteiger partial charge in [0.25, 0.3) is 0 Å². The number of hydrogen-bond acceptors (Lipinski definition) is 5. The summed E-state index contributed by atoms with van der Waals surface area (Å²) >= 11 is 1.27. The molecule has 0 heterocycles. The number of benzene rings is 1. The largest absolute Gasteiger partial charge is 0.497 e. The fourth-order valence-electron chi connectivity index (χ4n) is 1.24. The predicted molar refractivity (Wildman–Crippen MR) is 70.4 cm³/mol. The second kappa shape index (κ2) is 7.65. The van der Waals surface area contributed by atoms with E-state index in [0.717, 1.165) is 10.6 Å². The molecule has 0 aliphatic heterocycles. The molecule has 0 saturated heterocycles. The highest BCUT2D eigenvalue weighted by molar-refractivity contribution is 8.00. The van der Waals surface area contributed by atoms with Crippen molar-refractivity contribution in [3.63, 3.8) is 0 Å². The van der Waals surface area contributed by atoms with Gasteiger partial charge in [-0.2, -0.15) is 0 Å². The first-order chi connectivity index (χ1) is 9.06. The second-order valence-corrected chi connectivity index (χ2v) is 4.65. The van der Waals surface area contributed by atoms with Crippen molar-refractivity contribution in [1.29, 1.82) is 0 Å². The number of carboxylic acid groups (broad SMARTS) is 1. The summed E-state index contributed by atoms with van der Waals surface area (Å²) in [5.41, 5.74) is 0. The Morgan fingerprint density at radius 2 is 2.00 bits per heavy atom. The van der Waals surface area contributed by atoms with Crippen LogP contribution in [0.15, 0.2) is 29.2 Å². The molecule has 0 bridgehead atoms. The van der Waals surface area contributed by atoms with Crippen molar-refractivity contribution in [1.82, 2.24) is 5.32 Å². The first kappa shape index (κ1) is 15.3. The summed E-state index contributed by atoms with van der Waals surface area (Å²) in [4.78, 5) is 23.0. The van der Waals surface area contributed by atoms with Crippen molar-refractivity contribution in [3.8, 4) is 5.75 Å². The molecule has 1 amide bonds. The molecule has 1 aromatic rings. The Bertz CT molecular complexity index is 434. The van der Waals surface area contributed by atoms with Gasteiger partial charge < -0.3 is 20.3 Å². The average Bonchev–Trinajstić information content (AvgIpc) is 2.42. The smallest absolute Gasteiger partial charge is 0.328 e. The number of thioether (sulfide) groups is 1. The zero-order valence-electron chi connectivity index (χ0n) is 10.3. The van der Waals surface area contributed by atoms with E-state index in [-0.39, 0.29) is 5.75 Å². The number of aliphatic carboxylic acids is 1. The van der Waals surface area contributed by atoms with Crippen LogP contribution in [0.3, 0.4) is 0 Å². The number of amides is 1. The molecule has 0 aliphatic carbocycles. The summed E-state index contributed by atoms with van der Waals surface area (Å²) in [5.74, 6) is -0.900. The topological polar surface area (TPSA) is 95.9 Å². The molecule has 0 saturated carbocycles. The van der Waals surface area contributed by atoms with Gasteiger partial charge >= 0.3 is 5.97 Å². The highest BCUT2D eigenvalue weighted by Crippen LogP contribution is 2.20. The lowest BCUT2D eigenvalue weighted by atomic mass is 10.3. The molecule has 1 rings (SSSR count). The maximum atomic E-state index is 11.5. The third-order valence-electron chi connectivity index (χ3n) is 2.25. The van der Waals surface area contributed by atoms with E-state index in [2.05, 4.69) is 5.32 Å². The molecule has 0 aromatic heterocycles. The second-order valence-electron chi connectivity index (χ2n) is 3.61. The Hall–Kier alpha value is -1.73. The molecule has 6 nitrogen and oxygen atoms in total. The van der Waals surface area contributed by atoms with E-state index in [1.165, 1.54) is 11.8 Å². The first-order valence-corrected chi connectivity index (χ1v) is 6.45. The van der Waals surface area contributed by atoms with Gasteiger partial charge in [-0.1, -0.05) is 0 Å². The van der Waals surface area contributed by atoms with E-state index < -0.39 is 24.5 Å². The van der Waals surface area contributed by atoms with Crippen LogP contribution < -0.4 is 10.1 Å². The van der Waals surface area contributed by atoms with Crippen molar-refractivity contribution >= 4 is 23.6 Å². The zero-order valence-corrected chi connectivity index (χ0v) is 11.1. The number of methoxy groups -OCH3 is 1. The SMILES string of the molecule is COc1ccc(SCC(=O)NC(CO)C(=O)O)cc1. The third-order valence-corrected chi connectivity index (χ3v) is 3.26. The molecule has 0 fully saturated rings. The number of aliphatic hydroxyl groups excluding tert-OH is 1. The molecule has 1 aromatic carbocycles. The number of hydrogen-bond donors (Lipinski definition) is 3. The van der Waals surface area contributed by atoms with Crippen LogP contribution in [0.1, 0.15) is 0 Å². The number of carbonyl (C=O) groups excluding carboxylic acids is 1.